The number of carbonyl (C=O) groups excluding carboxylic acids is 2. The number of nitrogens with zero attached hydrogens (tertiary/aromatic N) is 6. The van der Waals surface area contributed by atoms with Gasteiger partial charge in [0.1, 0.15) is 12.2 Å². The summed E-state index contributed by atoms with van der Waals surface area (Å²) in [7, 11) is 0. The van der Waals surface area contributed by atoms with Crippen molar-refractivity contribution in [3.05, 3.63) is 117 Å². The number of benzene rings is 2. The minimum atomic E-state index is -4.47. The molecule has 2 aromatic heterocycles. The normalized spacial score (nSPS) is 21.4. The van der Waals surface area contributed by atoms with Gasteiger partial charge in [-0.05, 0) is 75.4 Å². The third-order valence-electron chi connectivity index (χ3n) is 10.7. The van der Waals surface area contributed by atoms with Crippen molar-refractivity contribution in [1.82, 2.24) is 29.7 Å². The van der Waals surface area contributed by atoms with E-state index in [1.54, 1.807) is 52.2 Å². The summed E-state index contributed by atoms with van der Waals surface area (Å²) < 4.78 is 89.9. The Balaban J connectivity index is 0.000000200. The minimum Gasteiger partial charge on any atom is -0.439 e. The lowest BCUT2D eigenvalue weighted by Gasteiger charge is -2.24. The zero-order chi connectivity index (χ0) is 41.9. The van der Waals surface area contributed by atoms with Crippen LogP contribution in [0.5, 0.6) is 0 Å². The molecule has 10 nitrogen and oxygen atoms in total. The van der Waals surface area contributed by atoms with E-state index in [2.05, 4.69) is 19.9 Å². The fourth-order valence-electron chi connectivity index (χ4n) is 7.74. The molecule has 17 heteroatoms. The molecular weight excluding hydrogens is 790 g/mol. The Hall–Kier alpha value is -4.99. The van der Waals surface area contributed by atoms with Crippen LogP contribution in [0.4, 0.5) is 35.9 Å². The second-order valence-corrected chi connectivity index (χ2v) is 15.4. The lowest BCUT2D eigenvalue weighted by Crippen LogP contribution is -2.32. The molecule has 0 radical (unpaired) electrons. The van der Waals surface area contributed by atoms with Crippen molar-refractivity contribution in [3.8, 4) is 0 Å². The summed E-state index contributed by atoms with van der Waals surface area (Å²) in [5, 5.41) is 0.158. The molecule has 0 bridgehead atoms. The van der Waals surface area contributed by atoms with Crippen molar-refractivity contribution in [2.45, 2.75) is 116 Å². The number of amides is 2. The van der Waals surface area contributed by atoms with Crippen LogP contribution in [0.3, 0.4) is 0 Å². The SMILES string of the molecule is Cc1cc([C@H]2OC(=O)N(Cc3nccnc3CC3CCCCC3)[C@H]2C)cc(C(F)(F)F)c1.Cc1cc([C@H]2OC(=O)N(Cc3nccnc3Cl)[C@H]2C)cc(C(F)(F)F)c1. The predicted molar refractivity (Wildman–Crippen MR) is 200 cm³/mol. The number of aromatic nitrogens is 4. The van der Waals surface area contributed by atoms with Crippen molar-refractivity contribution >= 4 is 23.8 Å². The summed E-state index contributed by atoms with van der Waals surface area (Å²) >= 11 is 5.97. The average Bonchev–Trinajstić information content (AvgIpc) is 3.61. The van der Waals surface area contributed by atoms with Crippen LogP contribution in [-0.2, 0) is 41.3 Å². The number of halogens is 7. The summed E-state index contributed by atoms with van der Waals surface area (Å²) in [5.41, 5.74) is 2.05. The van der Waals surface area contributed by atoms with E-state index in [0.717, 1.165) is 42.1 Å². The van der Waals surface area contributed by atoms with Gasteiger partial charge in [0.25, 0.3) is 0 Å². The quantitative estimate of drug-likeness (QED) is 0.161. The molecule has 310 valence electrons. The number of alkyl halides is 6. The summed E-state index contributed by atoms with van der Waals surface area (Å²) in [6, 6.07) is 6.54. The van der Waals surface area contributed by atoms with Crippen LogP contribution in [0.15, 0.2) is 61.2 Å². The van der Waals surface area contributed by atoms with Gasteiger partial charge in [0.15, 0.2) is 5.15 Å². The first-order valence-electron chi connectivity index (χ1n) is 18.9. The number of carbonyl (C=O) groups is 2. The molecule has 0 spiro atoms. The fraction of sp³-hybridized carbons (Fsp3) is 0.463. The molecule has 2 aromatic carbocycles. The number of cyclic esters (lactones) is 2. The van der Waals surface area contributed by atoms with Crippen LogP contribution in [0.1, 0.15) is 109 Å². The highest BCUT2D eigenvalue weighted by molar-refractivity contribution is 6.30. The van der Waals surface area contributed by atoms with Crippen LogP contribution < -0.4 is 0 Å². The molecule has 58 heavy (non-hydrogen) atoms. The lowest BCUT2D eigenvalue weighted by molar-refractivity contribution is -0.138. The molecule has 2 aliphatic heterocycles. The van der Waals surface area contributed by atoms with Crippen LogP contribution >= 0.6 is 11.6 Å². The summed E-state index contributed by atoms with van der Waals surface area (Å²) in [6.07, 6.45) is 1.35. The Kier molecular flexibility index (Phi) is 12.8. The Bertz CT molecular complexity index is 2110. The first-order chi connectivity index (χ1) is 27.4. The molecule has 3 aliphatic rings. The highest BCUT2D eigenvalue weighted by Gasteiger charge is 2.43. The van der Waals surface area contributed by atoms with Crippen LogP contribution in [0.2, 0.25) is 5.15 Å². The van der Waals surface area contributed by atoms with Gasteiger partial charge in [0.05, 0.1) is 53.4 Å². The van der Waals surface area contributed by atoms with E-state index in [-0.39, 0.29) is 18.2 Å². The molecule has 0 N–H and O–H groups in total. The maximum Gasteiger partial charge on any atom is 0.416 e. The zero-order valence-electron chi connectivity index (χ0n) is 32.3. The van der Waals surface area contributed by atoms with Crippen molar-refractivity contribution in [2.24, 2.45) is 5.92 Å². The highest BCUT2D eigenvalue weighted by atomic mass is 35.5. The highest BCUT2D eigenvalue weighted by Crippen LogP contribution is 2.40. The number of hydrogen-bond acceptors (Lipinski definition) is 8. The van der Waals surface area contributed by atoms with E-state index in [0.29, 0.717) is 33.9 Å². The van der Waals surface area contributed by atoms with Crippen molar-refractivity contribution in [1.29, 1.82) is 0 Å². The Morgan fingerprint density at radius 3 is 1.53 bits per heavy atom. The molecule has 0 unspecified atom stereocenters. The molecular formula is C41H43ClF6N6O4. The van der Waals surface area contributed by atoms with Crippen molar-refractivity contribution < 1.29 is 45.4 Å². The van der Waals surface area contributed by atoms with Gasteiger partial charge < -0.3 is 9.47 Å². The largest absolute Gasteiger partial charge is 0.439 e. The maximum absolute atomic E-state index is 13.3. The molecule has 4 aromatic rings. The molecule has 7 rings (SSSR count). The van der Waals surface area contributed by atoms with Crippen molar-refractivity contribution in [2.75, 3.05) is 0 Å². The van der Waals surface area contributed by atoms with Gasteiger partial charge in [-0.15, -0.1) is 0 Å². The van der Waals surface area contributed by atoms with Gasteiger partial charge in [-0.2, -0.15) is 26.3 Å². The fourth-order valence-corrected chi connectivity index (χ4v) is 7.91. The van der Waals surface area contributed by atoms with Gasteiger partial charge in [0.2, 0.25) is 0 Å². The third kappa shape index (κ3) is 9.99. The minimum absolute atomic E-state index is 0.0567. The van der Waals surface area contributed by atoms with Gasteiger partial charge in [0, 0.05) is 24.8 Å². The Labute approximate surface area is 336 Å². The molecule has 2 amide bonds. The predicted octanol–water partition coefficient (Wildman–Crippen LogP) is 10.5. The lowest BCUT2D eigenvalue weighted by atomic mass is 9.85. The topological polar surface area (TPSA) is 111 Å². The number of rotatable bonds is 8. The first kappa shape index (κ1) is 42.6. The third-order valence-corrected chi connectivity index (χ3v) is 11.0. The zero-order valence-corrected chi connectivity index (χ0v) is 33.0. The number of hydrogen-bond donors (Lipinski definition) is 0. The first-order valence-corrected chi connectivity index (χ1v) is 19.3. The average molecular weight is 833 g/mol. The van der Waals surface area contributed by atoms with E-state index in [1.165, 1.54) is 54.3 Å². The standard InChI is InChI=1S/C24H28F3N3O2.C17H15ClF3N3O2/c1-15-10-18(13-19(11-15)24(25,26)27)22-16(2)30(23(31)32-22)14-21-20(28-8-9-29-21)12-17-6-4-3-5-7-17;1-9-5-11(7-12(6-9)17(19,20)21)14-10(2)24(16(25)26-14)8-13-15(18)23-4-3-22-13/h8-11,13,16-17,22H,3-7,12,14H2,1-2H3;3-7,10,14H,8H2,1-2H3/t16-,22-;10-,14-/m00/s1. The van der Waals surface area contributed by atoms with Gasteiger partial charge >= 0.3 is 24.5 Å². The van der Waals surface area contributed by atoms with Crippen LogP contribution in [0.25, 0.3) is 0 Å². The van der Waals surface area contributed by atoms with Crippen molar-refractivity contribution in [3.63, 3.8) is 0 Å². The monoisotopic (exact) mass is 832 g/mol. The smallest absolute Gasteiger partial charge is 0.416 e. The Morgan fingerprint density at radius 1 is 0.638 bits per heavy atom. The maximum atomic E-state index is 13.3. The van der Waals surface area contributed by atoms with Crippen LogP contribution in [0, 0.1) is 19.8 Å². The Morgan fingerprint density at radius 2 is 1.07 bits per heavy atom. The number of aryl methyl sites for hydroxylation is 2. The second kappa shape index (κ2) is 17.5. The van der Waals surface area contributed by atoms with Crippen LogP contribution in [-0.4, -0.2) is 54.0 Å². The van der Waals surface area contributed by atoms with E-state index < -0.39 is 60.0 Å². The van der Waals surface area contributed by atoms with E-state index in [9.17, 15) is 35.9 Å². The molecule has 1 saturated carbocycles. The van der Waals surface area contributed by atoms with E-state index in [4.69, 9.17) is 21.1 Å². The summed E-state index contributed by atoms with van der Waals surface area (Å²) in [6.45, 7) is 6.95. The molecule has 3 fully saturated rings. The van der Waals surface area contributed by atoms with E-state index in [1.807, 2.05) is 0 Å². The molecule has 1 aliphatic carbocycles. The van der Waals surface area contributed by atoms with Gasteiger partial charge in [-0.25, -0.2) is 14.6 Å². The molecule has 4 heterocycles. The molecule has 2 saturated heterocycles. The number of ether oxygens (including phenoxy) is 2. The summed E-state index contributed by atoms with van der Waals surface area (Å²) in [5.74, 6) is 0.572. The summed E-state index contributed by atoms with van der Waals surface area (Å²) in [4.78, 5) is 44.8. The van der Waals surface area contributed by atoms with Gasteiger partial charge in [-0.3, -0.25) is 24.8 Å². The molecule has 4 atom stereocenters. The van der Waals surface area contributed by atoms with E-state index >= 15 is 0 Å². The van der Waals surface area contributed by atoms with Gasteiger partial charge in [-0.1, -0.05) is 67.0 Å². The second-order valence-electron chi connectivity index (χ2n) is 15.1.